The normalized spacial score (nSPS) is 19.6. The largest absolute Gasteiger partial charge is 0.506 e. The van der Waals surface area contributed by atoms with E-state index in [0.29, 0.717) is 16.6 Å². The van der Waals surface area contributed by atoms with Gasteiger partial charge in [0.25, 0.3) is 11.5 Å². The maximum absolute atomic E-state index is 12.7. The van der Waals surface area contributed by atoms with E-state index >= 15 is 0 Å². The standard InChI is InChI=1S/C17H21N5O5S/c1-3-21-7-11(8-21)18-12-4-10-5-14(22-9-16(24)19-28(22,26)27)15(23)6-13(10)20(2)17(12)25/h4-6,11,18,23H,3,7-9H2,1-2H3,(H,19,24). The molecule has 0 spiro atoms. The molecule has 2 aromatic rings. The first-order valence-corrected chi connectivity index (χ1v) is 10.3. The molecule has 1 aromatic heterocycles. The number of aryl methyl sites for hydroxylation is 1. The molecule has 3 heterocycles. The van der Waals surface area contributed by atoms with E-state index in [1.165, 1.54) is 16.7 Å². The van der Waals surface area contributed by atoms with E-state index in [4.69, 9.17) is 0 Å². The summed E-state index contributed by atoms with van der Waals surface area (Å²) in [5.41, 5.74) is 0.610. The molecule has 11 heteroatoms. The Morgan fingerprint density at radius 2 is 1.96 bits per heavy atom. The van der Waals surface area contributed by atoms with Crippen LogP contribution in [0.25, 0.3) is 10.9 Å². The molecule has 150 valence electrons. The van der Waals surface area contributed by atoms with E-state index in [-0.39, 0.29) is 23.0 Å². The van der Waals surface area contributed by atoms with Crippen LogP contribution in [0.1, 0.15) is 6.92 Å². The predicted octanol–water partition coefficient (Wildman–Crippen LogP) is -0.459. The smallest absolute Gasteiger partial charge is 0.326 e. The van der Waals surface area contributed by atoms with Crippen LogP contribution in [-0.2, 0) is 22.1 Å². The van der Waals surface area contributed by atoms with Crippen LogP contribution in [0.4, 0.5) is 11.4 Å². The van der Waals surface area contributed by atoms with Crippen molar-refractivity contribution < 1.29 is 18.3 Å². The Labute approximate surface area is 161 Å². The number of likely N-dealkylation sites (N-methyl/N-ethyl adjacent to an activating group) is 1. The van der Waals surface area contributed by atoms with Gasteiger partial charge in [0, 0.05) is 31.6 Å². The summed E-state index contributed by atoms with van der Waals surface area (Å²) >= 11 is 0. The molecule has 0 atom stereocenters. The number of likely N-dealkylation sites (tertiary alicyclic amines) is 1. The molecule has 2 fully saturated rings. The molecule has 0 radical (unpaired) electrons. The van der Waals surface area contributed by atoms with Gasteiger partial charge < -0.3 is 15.0 Å². The number of amides is 1. The quantitative estimate of drug-likeness (QED) is 0.627. The second kappa shape index (κ2) is 6.38. The number of rotatable bonds is 4. The molecule has 28 heavy (non-hydrogen) atoms. The fourth-order valence-electron chi connectivity index (χ4n) is 3.60. The number of aromatic nitrogens is 1. The molecule has 0 aliphatic carbocycles. The highest BCUT2D eigenvalue weighted by Gasteiger charge is 2.35. The summed E-state index contributed by atoms with van der Waals surface area (Å²) < 4.78 is 28.3. The van der Waals surface area contributed by atoms with Crippen LogP contribution in [0, 0.1) is 0 Å². The van der Waals surface area contributed by atoms with E-state index < -0.39 is 22.7 Å². The number of anilines is 2. The lowest BCUT2D eigenvalue weighted by atomic mass is 10.1. The Morgan fingerprint density at radius 1 is 1.25 bits per heavy atom. The van der Waals surface area contributed by atoms with Crippen molar-refractivity contribution in [2.45, 2.75) is 13.0 Å². The molecule has 0 bridgehead atoms. The van der Waals surface area contributed by atoms with Gasteiger partial charge in [-0.3, -0.25) is 14.5 Å². The molecule has 0 unspecified atom stereocenters. The number of carbonyl (C=O) groups excluding carboxylic acids is 1. The van der Waals surface area contributed by atoms with Gasteiger partial charge in [0.1, 0.15) is 18.0 Å². The monoisotopic (exact) mass is 407 g/mol. The molecule has 1 aromatic carbocycles. The Hall–Kier alpha value is -2.79. The summed E-state index contributed by atoms with van der Waals surface area (Å²) in [6.07, 6.45) is 0. The lowest BCUT2D eigenvalue weighted by Gasteiger charge is -2.39. The fraction of sp³-hybridized carbons (Fsp3) is 0.412. The van der Waals surface area contributed by atoms with Gasteiger partial charge in [-0.1, -0.05) is 6.92 Å². The van der Waals surface area contributed by atoms with Gasteiger partial charge in [0.05, 0.1) is 17.2 Å². The molecule has 2 saturated heterocycles. The van der Waals surface area contributed by atoms with Crippen LogP contribution >= 0.6 is 0 Å². The zero-order chi connectivity index (χ0) is 20.2. The first-order chi connectivity index (χ1) is 13.2. The lowest BCUT2D eigenvalue weighted by molar-refractivity contribution is -0.117. The van der Waals surface area contributed by atoms with E-state index in [2.05, 4.69) is 17.1 Å². The maximum atomic E-state index is 12.7. The number of nitrogens with one attached hydrogen (secondary N) is 2. The van der Waals surface area contributed by atoms with Gasteiger partial charge in [-0.25, -0.2) is 9.03 Å². The van der Waals surface area contributed by atoms with Crippen LogP contribution < -0.4 is 19.9 Å². The fourth-order valence-corrected chi connectivity index (χ4v) is 4.75. The molecular weight excluding hydrogens is 386 g/mol. The minimum absolute atomic E-state index is 0.0174. The number of carbonyl (C=O) groups is 1. The van der Waals surface area contributed by atoms with E-state index in [9.17, 15) is 23.1 Å². The SMILES string of the molecule is CCN1CC(Nc2cc3cc(N4CC(=O)NS4(=O)=O)c(O)cc3n(C)c2=O)C1. The van der Waals surface area contributed by atoms with Crippen molar-refractivity contribution in [2.24, 2.45) is 7.05 Å². The van der Waals surface area contributed by atoms with Crippen molar-refractivity contribution >= 4 is 38.4 Å². The molecule has 4 rings (SSSR count). The molecule has 2 aliphatic rings. The van der Waals surface area contributed by atoms with Gasteiger partial charge in [-0.15, -0.1) is 0 Å². The van der Waals surface area contributed by atoms with Crippen LogP contribution in [0.3, 0.4) is 0 Å². The Morgan fingerprint density at radius 3 is 2.57 bits per heavy atom. The van der Waals surface area contributed by atoms with Gasteiger partial charge >= 0.3 is 10.2 Å². The van der Waals surface area contributed by atoms with Crippen molar-refractivity contribution in [3.8, 4) is 5.75 Å². The third kappa shape index (κ3) is 2.96. The summed E-state index contributed by atoms with van der Waals surface area (Å²) in [5.74, 6) is -1.01. The third-order valence-electron chi connectivity index (χ3n) is 5.17. The van der Waals surface area contributed by atoms with Gasteiger partial charge in [-0.2, -0.15) is 8.42 Å². The summed E-state index contributed by atoms with van der Waals surface area (Å²) in [6, 6.07) is 4.61. The third-order valence-corrected chi connectivity index (χ3v) is 6.56. The van der Waals surface area contributed by atoms with Gasteiger partial charge in [-0.05, 0) is 18.7 Å². The first kappa shape index (κ1) is 18.6. The summed E-state index contributed by atoms with van der Waals surface area (Å²) in [6.45, 7) is 4.31. The van der Waals surface area contributed by atoms with E-state index in [1.54, 1.807) is 13.1 Å². The predicted molar refractivity (Wildman–Crippen MR) is 105 cm³/mol. The number of benzene rings is 1. The molecule has 10 nitrogen and oxygen atoms in total. The Balaban J connectivity index is 1.77. The summed E-state index contributed by atoms with van der Waals surface area (Å²) in [5, 5.41) is 14.1. The van der Waals surface area contributed by atoms with Crippen LogP contribution in [0.15, 0.2) is 23.0 Å². The lowest BCUT2D eigenvalue weighted by Crippen LogP contribution is -2.54. The first-order valence-electron chi connectivity index (χ1n) is 8.88. The second-order valence-corrected chi connectivity index (χ2v) is 8.65. The highest BCUT2D eigenvalue weighted by molar-refractivity contribution is 7.92. The Kier molecular flexibility index (Phi) is 4.23. The number of aromatic hydroxyl groups is 1. The van der Waals surface area contributed by atoms with Gasteiger partial charge in [0.15, 0.2) is 0 Å². The van der Waals surface area contributed by atoms with Crippen LogP contribution in [-0.4, -0.2) is 61.1 Å². The van der Waals surface area contributed by atoms with Crippen molar-refractivity contribution in [1.82, 2.24) is 14.2 Å². The average molecular weight is 407 g/mol. The highest BCUT2D eigenvalue weighted by atomic mass is 32.2. The number of pyridine rings is 1. The van der Waals surface area contributed by atoms with Crippen LogP contribution in [0.2, 0.25) is 0 Å². The van der Waals surface area contributed by atoms with Crippen molar-refractivity contribution in [2.75, 3.05) is 35.8 Å². The number of hydrogen-bond acceptors (Lipinski definition) is 7. The van der Waals surface area contributed by atoms with E-state index in [0.717, 1.165) is 23.9 Å². The topological polar surface area (TPSA) is 124 Å². The van der Waals surface area contributed by atoms with Crippen molar-refractivity contribution in [1.29, 1.82) is 0 Å². The van der Waals surface area contributed by atoms with Crippen molar-refractivity contribution in [3.63, 3.8) is 0 Å². The van der Waals surface area contributed by atoms with E-state index in [1.807, 2.05) is 4.72 Å². The Bertz CT molecular complexity index is 1140. The average Bonchev–Trinajstić information content (AvgIpc) is 2.87. The summed E-state index contributed by atoms with van der Waals surface area (Å²) in [4.78, 5) is 26.4. The zero-order valence-electron chi connectivity index (χ0n) is 15.5. The van der Waals surface area contributed by atoms with Crippen molar-refractivity contribution in [3.05, 3.63) is 28.6 Å². The number of phenols is 1. The summed E-state index contributed by atoms with van der Waals surface area (Å²) in [7, 11) is -2.46. The second-order valence-electron chi connectivity index (χ2n) is 7.05. The number of fused-ring (bicyclic) bond motifs is 1. The highest BCUT2D eigenvalue weighted by Crippen LogP contribution is 2.35. The van der Waals surface area contributed by atoms with Crippen LogP contribution in [0.5, 0.6) is 5.75 Å². The number of nitrogens with zero attached hydrogens (tertiary/aromatic N) is 3. The molecule has 2 aliphatic heterocycles. The molecule has 0 saturated carbocycles. The minimum Gasteiger partial charge on any atom is -0.506 e. The number of phenolic OH excluding ortho intramolecular Hbond substituents is 1. The molecular formula is C17H21N5O5S. The molecule has 1 amide bonds. The number of hydrogen-bond donors (Lipinski definition) is 3. The molecule has 3 N–H and O–H groups in total. The van der Waals surface area contributed by atoms with Gasteiger partial charge in [0.2, 0.25) is 0 Å². The minimum atomic E-state index is -4.05. The zero-order valence-corrected chi connectivity index (χ0v) is 16.3. The maximum Gasteiger partial charge on any atom is 0.326 e.